The zero-order valence-electron chi connectivity index (χ0n) is 11.6. The van der Waals surface area contributed by atoms with Gasteiger partial charge >= 0.3 is 5.97 Å². The Morgan fingerprint density at radius 3 is 2.47 bits per heavy atom. The summed E-state index contributed by atoms with van der Waals surface area (Å²) in [5.41, 5.74) is 1.76. The second kappa shape index (κ2) is 6.55. The molecule has 0 bridgehead atoms. The van der Waals surface area contributed by atoms with Gasteiger partial charge in [-0.1, -0.05) is 49.6 Å². The molecule has 0 spiro atoms. The van der Waals surface area contributed by atoms with Crippen molar-refractivity contribution in [2.45, 2.75) is 45.1 Å². The van der Waals surface area contributed by atoms with Gasteiger partial charge in [-0.05, 0) is 37.8 Å². The summed E-state index contributed by atoms with van der Waals surface area (Å²) in [6, 6.07) is 7.50. The summed E-state index contributed by atoms with van der Waals surface area (Å²) >= 11 is 0. The highest BCUT2D eigenvalue weighted by molar-refractivity contribution is 5.89. The first-order chi connectivity index (χ1) is 9.20. The number of esters is 1. The van der Waals surface area contributed by atoms with Crippen molar-refractivity contribution >= 4 is 5.97 Å². The quantitative estimate of drug-likeness (QED) is 0.595. The van der Waals surface area contributed by atoms with Crippen LogP contribution in [0.4, 0.5) is 0 Å². The Labute approximate surface area is 115 Å². The molecule has 0 saturated heterocycles. The third-order valence-corrected chi connectivity index (χ3v) is 3.88. The molecule has 1 aliphatic rings. The van der Waals surface area contributed by atoms with Crippen molar-refractivity contribution in [3.63, 3.8) is 0 Å². The molecule has 2 rings (SSSR count). The van der Waals surface area contributed by atoms with Gasteiger partial charge in [0.2, 0.25) is 0 Å². The molecule has 1 fully saturated rings. The summed E-state index contributed by atoms with van der Waals surface area (Å²) in [5, 5.41) is 0. The monoisotopic (exact) mass is 258 g/mol. The number of hydrogen-bond acceptors (Lipinski definition) is 2. The minimum Gasteiger partial charge on any atom is -0.454 e. The molecular weight excluding hydrogens is 236 g/mol. The standard InChI is InChI=1S/C17H22O2/c1-3-16(14-7-5-4-6-8-14)19-17(18)15-11-9-13(2)10-12-15/h3,9-12,14,16H,1,4-8H2,2H3/t16-/m1/s1. The van der Waals surface area contributed by atoms with E-state index in [1.54, 1.807) is 6.08 Å². The Morgan fingerprint density at radius 2 is 1.89 bits per heavy atom. The van der Waals surface area contributed by atoms with Gasteiger partial charge in [0.25, 0.3) is 0 Å². The SMILES string of the molecule is C=C[C@@H](OC(=O)c1ccc(C)cc1)C1CCCCC1. The van der Waals surface area contributed by atoms with E-state index in [-0.39, 0.29) is 12.1 Å². The average molecular weight is 258 g/mol. The summed E-state index contributed by atoms with van der Waals surface area (Å²) in [4.78, 5) is 12.1. The van der Waals surface area contributed by atoms with E-state index in [1.807, 2.05) is 31.2 Å². The number of benzene rings is 1. The van der Waals surface area contributed by atoms with Crippen LogP contribution in [0, 0.1) is 12.8 Å². The summed E-state index contributed by atoms with van der Waals surface area (Å²) in [6.45, 7) is 5.82. The highest BCUT2D eigenvalue weighted by atomic mass is 16.5. The van der Waals surface area contributed by atoms with Gasteiger partial charge < -0.3 is 4.74 Å². The van der Waals surface area contributed by atoms with E-state index >= 15 is 0 Å². The van der Waals surface area contributed by atoms with Gasteiger partial charge in [0, 0.05) is 0 Å². The predicted molar refractivity (Wildman–Crippen MR) is 77.2 cm³/mol. The van der Waals surface area contributed by atoms with Gasteiger partial charge in [-0.15, -0.1) is 0 Å². The van der Waals surface area contributed by atoms with Crippen LogP contribution >= 0.6 is 0 Å². The van der Waals surface area contributed by atoms with Crippen LogP contribution in [0.15, 0.2) is 36.9 Å². The van der Waals surface area contributed by atoms with Crippen molar-refractivity contribution in [3.8, 4) is 0 Å². The van der Waals surface area contributed by atoms with Crippen molar-refractivity contribution in [3.05, 3.63) is 48.0 Å². The topological polar surface area (TPSA) is 26.3 Å². The second-order valence-electron chi connectivity index (χ2n) is 5.37. The highest BCUT2D eigenvalue weighted by Crippen LogP contribution is 2.29. The molecule has 0 aromatic heterocycles. The molecule has 0 aliphatic heterocycles. The fraction of sp³-hybridized carbons (Fsp3) is 0.471. The first-order valence-electron chi connectivity index (χ1n) is 7.11. The number of ether oxygens (including phenoxy) is 1. The van der Waals surface area contributed by atoms with Crippen LogP contribution in [-0.4, -0.2) is 12.1 Å². The minimum atomic E-state index is -0.240. The first kappa shape index (κ1) is 13.9. The van der Waals surface area contributed by atoms with Crippen LogP contribution < -0.4 is 0 Å². The van der Waals surface area contributed by atoms with Crippen molar-refractivity contribution < 1.29 is 9.53 Å². The molecule has 0 heterocycles. The van der Waals surface area contributed by atoms with Crippen LogP contribution in [0.5, 0.6) is 0 Å². The lowest BCUT2D eigenvalue weighted by atomic mass is 9.85. The normalized spacial score (nSPS) is 17.7. The van der Waals surface area contributed by atoms with E-state index in [4.69, 9.17) is 4.74 Å². The Balaban J connectivity index is 1.99. The Hall–Kier alpha value is -1.57. The number of hydrogen-bond donors (Lipinski definition) is 0. The maximum Gasteiger partial charge on any atom is 0.338 e. The summed E-state index contributed by atoms with van der Waals surface area (Å²) in [6.07, 6.45) is 7.67. The zero-order chi connectivity index (χ0) is 13.7. The van der Waals surface area contributed by atoms with Crippen LogP contribution in [0.2, 0.25) is 0 Å². The highest BCUT2D eigenvalue weighted by Gasteiger charge is 2.24. The third-order valence-electron chi connectivity index (χ3n) is 3.88. The molecule has 19 heavy (non-hydrogen) atoms. The zero-order valence-corrected chi connectivity index (χ0v) is 11.6. The minimum absolute atomic E-state index is 0.144. The molecule has 102 valence electrons. The third kappa shape index (κ3) is 3.69. The van der Waals surface area contributed by atoms with Crippen LogP contribution in [0.3, 0.4) is 0 Å². The largest absolute Gasteiger partial charge is 0.454 e. The molecule has 0 radical (unpaired) electrons. The smallest absolute Gasteiger partial charge is 0.338 e. The molecule has 0 amide bonds. The van der Waals surface area contributed by atoms with Gasteiger partial charge in [0.15, 0.2) is 0 Å². The van der Waals surface area contributed by atoms with E-state index < -0.39 is 0 Å². The van der Waals surface area contributed by atoms with Crippen LogP contribution in [0.25, 0.3) is 0 Å². The second-order valence-corrected chi connectivity index (χ2v) is 5.37. The molecule has 1 atom stereocenters. The predicted octanol–water partition coefficient (Wildman–Crippen LogP) is 4.29. The fourth-order valence-corrected chi connectivity index (χ4v) is 2.68. The lowest BCUT2D eigenvalue weighted by molar-refractivity contribution is 0.0227. The maximum atomic E-state index is 12.1. The number of carbonyl (C=O) groups excluding carboxylic acids is 1. The van der Waals surface area contributed by atoms with Crippen molar-refractivity contribution in [2.75, 3.05) is 0 Å². The van der Waals surface area contributed by atoms with Gasteiger partial charge in [-0.2, -0.15) is 0 Å². The Kier molecular flexibility index (Phi) is 4.78. The van der Waals surface area contributed by atoms with Gasteiger partial charge in [-0.3, -0.25) is 0 Å². The molecule has 1 aromatic carbocycles. The molecule has 0 unspecified atom stereocenters. The molecule has 2 heteroatoms. The fourth-order valence-electron chi connectivity index (χ4n) is 2.68. The molecule has 2 nitrogen and oxygen atoms in total. The van der Waals surface area contributed by atoms with Gasteiger partial charge in [0.05, 0.1) is 5.56 Å². The molecular formula is C17H22O2. The van der Waals surface area contributed by atoms with Gasteiger partial charge in [0.1, 0.15) is 6.10 Å². The lowest BCUT2D eigenvalue weighted by Crippen LogP contribution is -2.26. The van der Waals surface area contributed by atoms with E-state index in [1.165, 1.54) is 19.3 Å². The van der Waals surface area contributed by atoms with Crippen molar-refractivity contribution in [2.24, 2.45) is 5.92 Å². The summed E-state index contributed by atoms with van der Waals surface area (Å²) < 4.78 is 5.61. The average Bonchev–Trinajstić information content (AvgIpc) is 2.46. The summed E-state index contributed by atoms with van der Waals surface area (Å²) in [5.74, 6) is 0.205. The lowest BCUT2D eigenvalue weighted by Gasteiger charge is -2.27. The number of rotatable bonds is 4. The number of aryl methyl sites for hydroxylation is 1. The van der Waals surface area contributed by atoms with E-state index in [0.717, 1.165) is 18.4 Å². The Bertz CT molecular complexity index is 427. The van der Waals surface area contributed by atoms with E-state index in [0.29, 0.717) is 11.5 Å². The van der Waals surface area contributed by atoms with Crippen molar-refractivity contribution in [1.29, 1.82) is 0 Å². The molecule has 0 N–H and O–H groups in total. The number of carbonyl (C=O) groups is 1. The molecule has 1 aliphatic carbocycles. The molecule has 1 aromatic rings. The van der Waals surface area contributed by atoms with E-state index in [2.05, 4.69) is 6.58 Å². The Morgan fingerprint density at radius 1 is 1.26 bits per heavy atom. The first-order valence-corrected chi connectivity index (χ1v) is 7.11. The van der Waals surface area contributed by atoms with E-state index in [9.17, 15) is 4.79 Å². The summed E-state index contributed by atoms with van der Waals surface area (Å²) in [7, 11) is 0. The molecule has 1 saturated carbocycles. The van der Waals surface area contributed by atoms with Crippen LogP contribution in [0.1, 0.15) is 48.0 Å². The van der Waals surface area contributed by atoms with Crippen LogP contribution in [-0.2, 0) is 4.74 Å². The van der Waals surface area contributed by atoms with Gasteiger partial charge in [-0.25, -0.2) is 4.79 Å². The van der Waals surface area contributed by atoms with Crippen molar-refractivity contribution in [1.82, 2.24) is 0 Å². The maximum absolute atomic E-state index is 12.1.